The molecule has 0 radical (unpaired) electrons. The van der Waals surface area contributed by atoms with Crippen LogP contribution in [0.15, 0.2) is 12.2 Å². The van der Waals surface area contributed by atoms with Crippen molar-refractivity contribution >= 4 is 17.8 Å². The van der Waals surface area contributed by atoms with Crippen LogP contribution < -0.4 is 0 Å². The van der Waals surface area contributed by atoms with Gasteiger partial charge in [-0.3, -0.25) is 9.59 Å². The molecular weight excluding hydrogens is 282 g/mol. The minimum Gasteiger partial charge on any atom is -0.330 e. The Morgan fingerprint density at radius 2 is 1.50 bits per heavy atom. The number of nitrogens with zero attached hydrogens (tertiary/aromatic N) is 1. The third-order valence-electron chi connectivity index (χ3n) is 5.99. The van der Waals surface area contributed by atoms with E-state index in [0.29, 0.717) is 0 Å². The fourth-order valence-corrected chi connectivity index (χ4v) is 3.47. The highest BCUT2D eigenvalue weighted by Gasteiger charge is 2.61. The summed E-state index contributed by atoms with van der Waals surface area (Å²) in [5.74, 6) is -1.70. The molecule has 0 N–H and O–H groups in total. The highest BCUT2D eigenvalue weighted by molar-refractivity contribution is 6.06. The average molecular weight is 305 g/mol. The van der Waals surface area contributed by atoms with Gasteiger partial charge in [0, 0.05) is 0 Å². The van der Waals surface area contributed by atoms with Gasteiger partial charge in [-0.05, 0) is 37.5 Å². The van der Waals surface area contributed by atoms with E-state index in [1.165, 1.54) is 0 Å². The Bertz CT molecular complexity index is 554. The predicted octanol–water partition coefficient (Wildman–Crippen LogP) is 2.32. The number of hydroxylamine groups is 2. The maximum Gasteiger partial charge on any atom is 0.339 e. The molecule has 5 nitrogen and oxygen atoms in total. The molecule has 0 aromatic carbocycles. The molecular formula is C17H23NO4. The van der Waals surface area contributed by atoms with Gasteiger partial charge in [0.05, 0.1) is 17.3 Å². The van der Waals surface area contributed by atoms with Gasteiger partial charge in [-0.25, -0.2) is 4.79 Å². The largest absolute Gasteiger partial charge is 0.339 e. The number of rotatable bonds is 2. The molecule has 0 aromatic rings. The van der Waals surface area contributed by atoms with Crippen LogP contribution in [0.5, 0.6) is 0 Å². The van der Waals surface area contributed by atoms with Crippen molar-refractivity contribution in [1.29, 1.82) is 0 Å². The Morgan fingerprint density at radius 3 is 1.91 bits per heavy atom. The van der Waals surface area contributed by atoms with E-state index in [0.717, 1.165) is 11.5 Å². The number of fused-ring (bicyclic) bond motifs is 5. The van der Waals surface area contributed by atoms with E-state index >= 15 is 0 Å². The number of hydrogen-bond acceptors (Lipinski definition) is 4. The lowest BCUT2D eigenvalue weighted by Gasteiger charge is -2.36. The van der Waals surface area contributed by atoms with Crippen molar-refractivity contribution in [3.63, 3.8) is 0 Å². The molecule has 0 spiro atoms. The standard InChI is InChI=1S/C17H23NO4/c1-16(2,3)17(4,5)15(21)22-18-13(19)11-9-6-7-10(8-9)12(11)14(18)20/h6-7,9-12H,8H2,1-5H3. The lowest BCUT2D eigenvalue weighted by molar-refractivity contribution is -0.209. The molecule has 120 valence electrons. The molecule has 1 heterocycles. The highest BCUT2D eigenvalue weighted by Crippen LogP contribution is 2.52. The Morgan fingerprint density at radius 1 is 1.05 bits per heavy atom. The topological polar surface area (TPSA) is 63.7 Å². The van der Waals surface area contributed by atoms with Gasteiger partial charge in [-0.2, -0.15) is 0 Å². The number of allylic oxidation sites excluding steroid dienone is 2. The van der Waals surface area contributed by atoms with Crippen molar-refractivity contribution in [2.45, 2.75) is 41.0 Å². The van der Waals surface area contributed by atoms with Crippen molar-refractivity contribution in [3.8, 4) is 0 Å². The normalized spacial score (nSPS) is 33.6. The lowest BCUT2D eigenvalue weighted by atomic mass is 9.69. The second kappa shape index (κ2) is 4.43. The molecule has 1 saturated heterocycles. The maximum absolute atomic E-state index is 12.5. The number of amides is 2. The third kappa shape index (κ3) is 1.87. The van der Waals surface area contributed by atoms with Crippen LogP contribution in [-0.2, 0) is 19.2 Å². The summed E-state index contributed by atoms with van der Waals surface area (Å²) in [7, 11) is 0. The average Bonchev–Trinajstić information content (AvgIpc) is 3.06. The fraction of sp³-hybridized carbons (Fsp3) is 0.706. The summed E-state index contributed by atoms with van der Waals surface area (Å²) in [5, 5.41) is 0.733. The van der Waals surface area contributed by atoms with Crippen LogP contribution in [0, 0.1) is 34.5 Å². The lowest BCUT2D eigenvalue weighted by Crippen LogP contribution is -2.44. The van der Waals surface area contributed by atoms with Crippen molar-refractivity contribution in [1.82, 2.24) is 5.06 Å². The first-order valence-corrected chi connectivity index (χ1v) is 7.84. The molecule has 2 aliphatic carbocycles. The summed E-state index contributed by atoms with van der Waals surface area (Å²) in [6.07, 6.45) is 4.89. The quantitative estimate of drug-likeness (QED) is 0.580. The van der Waals surface area contributed by atoms with Gasteiger partial charge in [0.1, 0.15) is 0 Å². The van der Waals surface area contributed by atoms with E-state index in [-0.39, 0.29) is 40.9 Å². The molecule has 4 atom stereocenters. The number of imide groups is 1. The molecule has 5 heteroatoms. The van der Waals surface area contributed by atoms with Crippen LogP contribution in [0.3, 0.4) is 0 Å². The van der Waals surface area contributed by atoms with Crippen molar-refractivity contribution in [3.05, 3.63) is 12.2 Å². The second-order valence-electron chi connectivity index (χ2n) is 8.22. The van der Waals surface area contributed by atoms with Gasteiger partial charge >= 0.3 is 5.97 Å². The Hall–Kier alpha value is -1.65. The van der Waals surface area contributed by atoms with Gasteiger partial charge in [-0.1, -0.05) is 32.9 Å². The zero-order valence-electron chi connectivity index (χ0n) is 13.8. The van der Waals surface area contributed by atoms with Crippen molar-refractivity contribution in [2.24, 2.45) is 34.5 Å². The number of carbonyl (C=O) groups excluding carboxylic acids is 3. The molecule has 1 aliphatic heterocycles. The molecule has 1 saturated carbocycles. The molecule has 3 rings (SSSR count). The van der Waals surface area contributed by atoms with E-state index < -0.39 is 11.4 Å². The first-order valence-electron chi connectivity index (χ1n) is 7.84. The van der Waals surface area contributed by atoms with E-state index in [2.05, 4.69) is 0 Å². The number of hydrogen-bond donors (Lipinski definition) is 0. The van der Waals surface area contributed by atoms with Crippen LogP contribution in [0.1, 0.15) is 41.0 Å². The van der Waals surface area contributed by atoms with E-state index in [1.54, 1.807) is 13.8 Å². The van der Waals surface area contributed by atoms with Crippen LogP contribution in [-0.4, -0.2) is 22.8 Å². The number of carbonyl (C=O) groups is 3. The van der Waals surface area contributed by atoms with E-state index in [1.807, 2.05) is 32.9 Å². The van der Waals surface area contributed by atoms with Gasteiger partial charge in [0.25, 0.3) is 11.8 Å². The Kier molecular flexibility index (Phi) is 3.07. The molecule has 3 aliphatic rings. The predicted molar refractivity (Wildman–Crippen MR) is 78.9 cm³/mol. The zero-order chi connectivity index (χ0) is 16.4. The fourth-order valence-electron chi connectivity index (χ4n) is 3.47. The van der Waals surface area contributed by atoms with Gasteiger partial charge in [0.15, 0.2) is 0 Å². The van der Waals surface area contributed by atoms with Crippen LogP contribution in [0.4, 0.5) is 0 Å². The maximum atomic E-state index is 12.5. The minimum absolute atomic E-state index is 0.116. The summed E-state index contributed by atoms with van der Waals surface area (Å²) in [4.78, 5) is 42.7. The SMILES string of the molecule is CC(C)(C)C(C)(C)C(=O)ON1C(=O)C2C3C=CC(C3)C2C1=O. The van der Waals surface area contributed by atoms with Gasteiger partial charge in [0.2, 0.25) is 0 Å². The van der Waals surface area contributed by atoms with E-state index in [9.17, 15) is 14.4 Å². The first-order chi connectivity index (χ1) is 10.1. The third-order valence-corrected chi connectivity index (χ3v) is 5.99. The van der Waals surface area contributed by atoms with Crippen molar-refractivity contribution < 1.29 is 19.2 Å². The minimum atomic E-state index is -0.803. The Balaban J connectivity index is 1.79. The van der Waals surface area contributed by atoms with Crippen molar-refractivity contribution in [2.75, 3.05) is 0 Å². The molecule has 0 aromatic heterocycles. The summed E-state index contributed by atoms with van der Waals surface area (Å²) >= 11 is 0. The summed E-state index contributed by atoms with van der Waals surface area (Å²) in [5.41, 5.74) is -1.14. The monoisotopic (exact) mass is 305 g/mol. The van der Waals surface area contributed by atoms with E-state index in [4.69, 9.17) is 4.84 Å². The highest BCUT2D eigenvalue weighted by atomic mass is 16.7. The molecule has 22 heavy (non-hydrogen) atoms. The molecule has 2 bridgehead atoms. The molecule has 2 fully saturated rings. The molecule has 2 amide bonds. The second-order valence-corrected chi connectivity index (χ2v) is 8.22. The van der Waals surface area contributed by atoms with Crippen LogP contribution in [0.25, 0.3) is 0 Å². The van der Waals surface area contributed by atoms with Crippen LogP contribution in [0.2, 0.25) is 0 Å². The van der Waals surface area contributed by atoms with Crippen LogP contribution >= 0.6 is 0 Å². The van der Waals surface area contributed by atoms with Gasteiger partial charge < -0.3 is 4.84 Å². The van der Waals surface area contributed by atoms with Gasteiger partial charge in [-0.15, -0.1) is 5.06 Å². The Labute approximate surface area is 130 Å². The smallest absolute Gasteiger partial charge is 0.330 e. The summed E-state index contributed by atoms with van der Waals surface area (Å²) in [6, 6.07) is 0. The first kappa shape index (κ1) is 15.3. The molecule has 4 unspecified atom stereocenters. The zero-order valence-corrected chi connectivity index (χ0v) is 13.8. The summed E-state index contributed by atoms with van der Waals surface area (Å²) < 4.78 is 0. The summed E-state index contributed by atoms with van der Waals surface area (Å²) in [6.45, 7) is 9.33.